The summed E-state index contributed by atoms with van der Waals surface area (Å²) in [4.78, 5) is 137. The molecule has 78 heavy (non-hydrogen) atoms. The number of nitrogens with one attached hydrogen (secondary N) is 9. The maximum Gasteiger partial charge on any atom is 0.274 e. The molecule has 4 unspecified atom stereocenters. The molecule has 24 nitrogen and oxygen atoms in total. The zero-order chi connectivity index (χ0) is 56.1. The number of fused-ring (bicyclic) bond motifs is 2. The van der Waals surface area contributed by atoms with Gasteiger partial charge in [0.05, 0.1) is 18.5 Å². The van der Waals surface area contributed by atoms with E-state index in [0.29, 0.717) is 19.4 Å². The molecule has 15 N–H and O–H groups in total. The van der Waals surface area contributed by atoms with Crippen LogP contribution in [-0.2, 0) is 49.6 Å². The van der Waals surface area contributed by atoms with Gasteiger partial charge in [0.1, 0.15) is 42.2 Å². The molecule has 9 amide bonds. The Morgan fingerprint density at radius 3 is 2.29 bits per heavy atom. The predicted molar refractivity (Wildman–Crippen MR) is 294 cm³/mol. The van der Waals surface area contributed by atoms with Crippen molar-refractivity contribution >= 4 is 88.1 Å². The van der Waals surface area contributed by atoms with Crippen molar-refractivity contribution in [1.29, 1.82) is 0 Å². The number of hydrogen-bond acceptors (Lipinski definition) is 14. The third-order valence-electron chi connectivity index (χ3n) is 13.3. The van der Waals surface area contributed by atoms with Crippen molar-refractivity contribution in [3.05, 3.63) is 89.6 Å². The van der Waals surface area contributed by atoms with Gasteiger partial charge in [-0.1, -0.05) is 86.5 Å². The van der Waals surface area contributed by atoms with Crippen LogP contribution in [0, 0.1) is 0 Å². The van der Waals surface area contributed by atoms with Crippen LogP contribution in [0.15, 0.2) is 93.5 Å². The van der Waals surface area contributed by atoms with E-state index in [1.54, 1.807) is 0 Å². The molecule has 6 rings (SSSR count). The second-order valence-electron chi connectivity index (χ2n) is 19.5. The number of nitrogens with zero attached hydrogens (tertiary/aromatic N) is 3. The van der Waals surface area contributed by atoms with E-state index in [1.807, 2.05) is 73.7 Å². The highest BCUT2D eigenvalue weighted by molar-refractivity contribution is 6.09. The van der Waals surface area contributed by atoms with Crippen LogP contribution < -0.4 is 65.1 Å². The lowest BCUT2D eigenvalue weighted by Gasteiger charge is -2.26. The molecule has 3 aliphatic heterocycles. The molecule has 3 aliphatic rings. The molecule has 0 saturated carbocycles. The van der Waals surface area contributed by atoms with E-state index in [0.717, 1.165) is 27.6 Å². The lowest BCUT2D eigenvalue weighted by molar-refractivity contribution is -0.136. The van der Waals surface area contributed by atoms with E-state index in [4.69, 9.17) is 17.2 Å². The summed E-state index contributed by atoms with van der Waals surface area (Å²) in [6.45, 7) is 3.70. The first-order chi connectivity index (χ1) is 37.5. The number of anilines is 1. The number of aliphatic imine (C=N–C) groups is 3. The monoisotopic (exact) mass is 1070 g/mol. The number of nitrogens with two attached hydrogens (primary N) is 3. The molecule has 0 spiro atoms. The molecule has 3 heterocycles. The van der Waals surface area contributed by atoms with Crippen molar-refractivity contribution in [2.24, 2.45) is 32.2 Å². The number of amides is 9. The maximum absolute atomic E-state index is 14.7. The van der Waals surface area contributed by atoms with E-state index < -0.39 is 102 Å². The van der Waals surface area contributed by atoms with Crippen molar-refractivity contribution in [3.8, 4) is 0 Å². The second kappa shape index (κ2) is 29.1. The van der Waals surface area contributed by atoms with Crippen LogP contribution in [0.4, 0.5) is 5.69 Å². The number of para-hydroxylation sites is 1. The summed E-state index contributed by atoms with van der Waals surface area (Å²) in [7, 11) is 0. The Morgan fingerprint density at radius 2 is 1.55 bits per heavy atom. The Balaban J connectivity index is 1.24. The lowest BCUT2D eigenvalue weighted by atomic mass is 9.93. The molecule has 8 atom stereocenters. The van der Waals surface area contributed by atoms with E-state index >= 15 is 0 Å². The summed E-state index contributed by atoms with van der Waals surface area (Å²) in [6.07, 6.45) is 5.53. The topological polar surface area (TPSA) is 377 Å². The van der Waals surface area contributed by atoms with E-state index in [-0.39, 0.29) is 82.0 Å². The van der Waals surface area contributed by atoms with Crippen molar-refractivity contribution < 1.29 is 43.2 Å². The molecule has 416 valence electrons. The molecular formula is C54H71N15O9. The molecule has 24 heteroatoms. The largest absolute Gasteiger partial charge is 0.384 e. The number of unbranched alkanes of at least 4 members (excludes halogenated alkanes) is 1. The first-order valence-electron chi connectivity index (χ1n) is 26.3. The molecule has 0 aliphatic carbocycles. The quantitative estimate of drug-likeness (QED) is 0.0269. The van der Waals surface area contributed by atoms with Crippen molar-refractivity contribution in [2.45, 2.75) is 133 Å². The maximum atomic E-state index is 14.7. The highest BCUT2D eigenvalue weighted by Gasteiger charge is 2.36. The zero-order valence-corrected chi connectivity index (χ0v) is 43.8. The molecule has 3 aromatic rings. The Bertz CT molecular complexity index is 2800. The summed E-state index contributed by atoms with van der Waals surface area (Å²) in [6, 6.07) is 12.5. The van der Waals surface area contributed by atoms with Gasteiger partial charge in [-0.05, 0) is 72.9 Å². The van der Waals surface area contributed by atoms with Crippen LogP contribution in [0.2, 0.25) is 0 Å². The molecular weight excluding hydrogens is 1000 g/mol. The van der Waals surface area contributed by atoms with Crippen LogP contribution in [0.5, 0.6) is 0 Å². The van der Waals surface area contributed by atoms with Crippen molar-refractivity contribution in [3.63, 3.8) is 0 Å². The van der Waals surface area contributed by atoms with E-state index in [9.17, 15) is 43.2 Å². The highest BCUT2D eigenvalue weighted by Crippen LogP contribution is 2.34. The average Bonchev–Trinajstić information content (AvgIpc) is 4.09. The van der Waals surface area contributed by atoms with Crippen LogP contribution in [0.1, 0.15) is 95.1 Å². The van der Waals surface area contributed by atoms with Gasteiger partial charge in [-0.15, -0.1) is 0 Å². The number of allylic oxidation sites excluding steroid dienone is 1. The third-order valence-corrected chi connectivity index (χ3v) is 13.3. The first kappa shape index (κ1) is 58.7. The number of benzene rings is 3. The van der Waals surface area contributed by atoms with Gasteiger partial charge in [0.2, 0.25) is 47.3 Å². The van der Waals surface area contributed by atoms with E-state index in [1.165, 1.54) is 25.6 Å². The Hall–Kier alpha value is -8.54. The summed E-state index contributed by atoms with van der Waals surface area (Å²) in [5.41, 5.74) is 19.7. The fourth-order valence-electron chi connectivity index (χ4n) is 9.21. The molecule has 0 saturated heterocycles. The number of carbonyl (C=O) groups is 9. The predicted octanol–water partition coefficient (Wildman–Crippen LogP) is -0.189. The number of carbonyl (C=O) groups excluding carboxylic acids is 9. The molecule has 0 fully saturated rings. The smallest absolute Gasteiger partial charge is 0.274 e. The normalized spacial score (nSPS) is 20.7. The summed E-state index contributed by atoms with van der Waals surface area (Å²) >= 11 is 0. The number of rotatable bonds is 22. The number of guanidine groups is 1. The summed E-state index contributed by atoms with van der Waals surface area (Å²) in [5.74, 6) is -7.57. The van der Waals surface area contributed by atoms with Gasteiger partial charge in [-0.25, -0.2) is 4.99 Å². The number of hydrogen-bond donors (Lipinski definition) is 12. The van der Waals surface area contributed by atoms with Gasteiger partial charge in [0.15, 0.2) is 5.96 Å². The molecule has 0 bridgehead atoms. The summed E-state index contributed by atoms with van der Waals surface area (Å²) < 4.78 is 0. The van der Waals surface area contributed by atoms with Crippen LogP contribution >= 0.6 is 0 Å². The first-order valence-corrected chi connectivity index (χ1v) is 26.3. The fraction of sp³-hybridized carbons (Fsp3) is 0.444. The number of imide groups is 1. The van der Waals surface area contributed by atoms with Gasteiger partial charge in [0.25, 0.3) is 5.91 Å². The minimum Gasteiger partial charge on any atom is -0.384 e. The fourth-order valence-corrected chi connectivity index (χ4v) is 9.21. The molecule has 0 aromatic heterocycles. The van der Waals surface area contributed by atoms with E-state index in [2.05, 4.69) is 62.8 Å². The second-order valence-corrected chi connectivity index (χ2v) is 19.5. The lowest BCUT2D eigenvalue weighted by Crippen LogP contribution is -2.58. The van der Waals surface area contributed by atoms with Gasteiger partial charge >= 0.3 is 0 Å². The minimum atomic E-state index is -1.52. The van der Waals surface area contributed by atoms with Crippen molar-refractivity contribution in [2.75, 3.05) is 25.0 Å². The van der Waals surface area contributed by atoms with Crippen LogP contribution in [0.25, 0.3) is 10.8 Å². The van der Waals surface area contributed by atoms with Crippen LogP contribution in [-0.4, -0.2) is 134 Å². The molecule has 3 aromatic carbocycles. The standard InChI is InChI=1S/C54H71N15O9/c1-3-4-15-40(63-31(2)70)48(73)68-45-27-46(71)59-21-10-9-17-41(50(75)69-53(78)44(67-52(45)77)26-36-29-58-30-62-36)65-51(76)43(25-35-28-61-39-16-8-7-14-37(35)39)66-49(74)42(18-11-22-60-54(56)57)64-47(72)38(55)24-32-19-20-33-12-5-6-13-34(33)23-32/h5-8,12-14,16-17,19-20,23,29-30,35-36,38,40,42-45,61H,3-4,9-11,15,18,21-22,24-28,55H2,1-2H3,(H,59,71)(H,63,70)(H,64,72)(H,65,76)(H,66,74)(H,67,77)(H,68,73)(H4,56,57,60)(H,69,75,78)/b41-17+/t35?,36?,38-,40+,42+,43+,44?,45?/m1/s1. The Kier molecular flexibility index (Phi) is 21.9. The SMILES string of the molecule is CCCC[C@H](NC(C)=O)C(=O)NC1CC(=O)NCCC/C=C(/NC(=O)[C@H](CC2CNc3ccccc32)NC(=O)[C@H](CCCN=C(N)N)NC(=O)[C@H](N)Cc2ccc3ccccc3c2)C(=O)NC(=O)C(CC2C=NC=N2)NC1=O. The van der Waals surface area contributed by atoms with Crippen molar-refractivity contribution in [1.82, 2.24) is 42.5 Å². The molecule has 0 radical (unpaired) electrons. The van der Waals surface area contributed by atoms with Gasteiger partial charge in [-0.2, -0.15) is 0 Å². The minimum absolute atomic E-state index is 0.0109. The van der Waals surface area contributed by atoms with Gasteiger partial charge in [0, 0.05) is 50.8 Å². The average molecular weight is 1070 g/mol. The zero-order valence-electron chi connectivity index (χ0n) is 43.8. The van der Waals surface area contributed by atoms with Gasteiger partial charge in [-0.3, -0.25) is 58.5 Å². The van der Waals surface area contributed by atoms with Gasteiger partial charge < -0.3 is 59.7 Å². The summed E-state index contributed by atoms with van der Waals surface area (Å²) in [5, 5.41) is 26.2. The van der Waals surface area contributed by atoms with Crippen LogP contribution in [0.3, 0.4) is 0 Å². The Labute approximate surface area is 451 Å². The third kappa shape index (κ3) is 17.8. The highest BCUT2D eigenvalue weighted by atomic mass is 16.2. The Morgan fingerprint density at radius 1 is 0.821 bits per heavy atom.